The topological polar surface area (TPSA) is 22.1 Å². The Labute approximate surface area is 123 Å². The molecule has 2 aromatic rings. The molecule has 0 N–H and O–H groups in total. The van der Waals surface area contributed by atoms with Crippen molar-refractivity contribution in [3.05, 3.63) is 40.0 Å². The Balaban J connectivity index is 2.35. The van der Waals surface area contributed by atoms with Gasteiger partial charge in [-0.1, -0.05) is 44.5 Å². The Morgan fingerprint density at radius 3 is 2.47 bits per heavy atom. The zero-order valence-corrected chi connectivity index (χ0v) is 13.4. The first-order chi connectivity index (χ1) is 8.79. The maximum atomic E-state index is 6.37. The molecule has 0 saturated heterocycles. The Morgan fingerprint density at radius 2 is 1.89 bits per heavy atom. The average Bonchev–Trinajstić information content (AvgIpc) is 2.65. The predicted octanol–water partition coefficient (Wildman–Crippen LogP) is 5.50. The van der Waals surface area contributed by atoms with E-state index in [0.717, 1.165) is 22.6 Å². The Bertz CT molecular complexity index is 599. The molecule has 0 amide bonds. The van der Waals surface area contributed by atoms with Gasteiger partial charge in [-0.3, -0.25) is 0 Å². The predicted molar refractivity (Wildman–Crippen MR) is 81.8 cm³/mol. The lowest BCUT2D eigenvalue weighted by Crippen LogP contribution is -2.11. The molecular formula is C15H18ClNOS. The fourth-order valence-electron chi connectivity index (χ4n) is 1.71. The van der Waals surface area contributed by atoms with Crippen LogP contribution >= 0.6 is 23.1 Å². The molecule has 0 spiro atoms. The molecule has 0 aliphatic rings. The molecule has 0 radical (unpaired) electrons. The normalized spacial score (nSPS) is 11.7. The Kier molecular flexibility index (Phi) is 3.88. The van der Waals surface area contributed by atoms with Crippen LogP contribution < -0.4 is 4.74 Å². The molecule has 0 fully saturated rings. The number of rotatable bonds is 2. The second-order valence-electron chi connectivity index (χ2n) is 5.75. The standard InChI is InChI=1S/C15H18ClNOS/c1-9-6-7-10(2)11(8-9)18-14-12(16)13(17-19-14)15(3,4)5/h6-8H,1-5H3. The van der Waals surface area contributed by atoms with E-state index in [0.29, 0.717) is 10.1 Å². The number of hydrogen-bond donors (Lipinski definition) is 0. The van der Waals surface area contributed by atoms with Crippen LogP contribution in [0.4, 0.5) is 0 Å². The van der Waals surface area contributed by atoms with Crippen molar-refractivity contribution >= 4 is 23.1 Å². The van der Waals surface area contributed by atoms with E-state index in [4.69, 9.17) is 16.3 Å². The minimum absolute atomic E-state index is 0.0726. The molecule has 0 saturated carbocycles. The van der Waals surface area contributed by atoms with Crippen LogP contribution in [0.5, 0.6) is 10.8 Å². The van der Waals surface area contributed by atoms with Crippen molar-refractivity contribution in [2.75, 3.05) is 0 Å². The monoisotopic (exact) mass is 295 g/mol. The van der Waals surface area contributed by atoms with Crippen LogP contribution in [0, 0.1) is 13.8 Å². The number of aryl methyl sites for hydroxylation is 2. The molecule has 0 aliphatic carbocycles. The van der Waals surface area contributed by atoms with Gasteiger partial charge >= 0.3 is 0 Å². The van der Waals surface area contributed by atoms with Crippen LogP contribution in [-0.2, 0) is 5.41 Å². The van der Waals surface area contributed by atoms with Gasteiger partial charge in [0.1, 0.15) is 10.8 Å². The number of hydrogen-bond acceptors (Lipinski definition) is 3. The van der Waals surface area contributed by atoms with E-state index in [9.17, 15) is 0 Å². The second-order valence-corrected chi connectivity index (χ2v) is 6.87. The summed E-state index contributed by atoms with van der Waals surface area (Å²) in [6.45, 7) is 10.3. The molecular weight excluding hydrogens is 278 g/mol. The van der Waals surface area contributed by atoms with Crippen molar-refractivity contribution in [3.63, 3.8) is 0 Å². The van der Waals surface area contributed by atoms with Crippen molar-refractivity contribution in [3.8, 4) is 10.8 Å². The van der Waals surface area contributed by atoms with Crippen LogP contribution in [0.25, 0.3) is 0 Å². The number of halogens is 1. The van der Waals surface area contributed by atoms with Gasteiger partial charge in [-0.2, -0.15) is 4.37 Å². The van der Waals surface area contributed by atoms with Crippen LogP contribution in [0.2, 0.25) is 5.02 Å². The summed E-state index contributed by atoms with van der Waals surface area (Å²) < 4.78 is 10.3. The van der Waals surface area contributed by atoms with Crippen LogP contribution in [0.3, 0.4) is 0 Å². The quantitative estimate of drug-likeness (QED) is 0.729. The summed E-state index contributed by atoms with van der Waals surface area (Å²) in [6, 6.07) is 6.13. The largest absolute Gasteiger partial charge is 0.443 e. The van der Waals surface area contributed by atoms with Crippen LogP contribution in [0.1, 0.15) is 37.6 Å². The summed E-state index contributed by atoms with van der Waals surface area (Å²) >= 11 is 7.68. The number of aromatic nitrogens is 1. The summed E-state index contributed by atoms with van der Waals surface area (Å²) in [5.41, 5.74) is 3.07. The number of benzene rings is 1. The number of ether oxygens (including phenoxy) is 1. The molecule has 2 nitrogen and oxygen atoms in total. The molecule has 0 bridgehead atoms. The molecule has 1 aromatic heterocycles. The highest BCUT2D eigenvalue weighted by atomic mass is 35.5. The fraction of sp³-hybridized carbons (Fsp3) is 0.400. The Hall–Kier alpha value is -1.06. The molecule has 0 atom stereocenters. The molecule has 0 aliphatic heterocycles. The second kappa shape index (κ2) is 5.14. The van der Waals surface area contributed by atoms with Gasteiger partial charge in [-0.25, -0.2) is 0 Å². The lowest BCUT2D eigenvalue weighted by atomic mass is 9.92. The van der Waals surface area contributed by atoms with Gasteiger partial charge in [0.05, 0.1) is 5.69 Å². The first kappa shape index (κ1) is 14.4. The van der Waals surface area contributed by atoms with Crippen molar-refractivity contribution in [1.82, 2.24) is 4.37 Å². The van der Waals surface area contributed by atoms with E-state index in [2.05, 4.69) is 31.2 Å². The summed E-state index contributed by atoms with van der Waals surface area (Å²) in [5, 5.41) is 1.29. The van der Waals surface area contributed by atoms with Gasteiger partial charge in [0, 0.05) is 16.9 Å². The molecule has 19 heavy (non-hydrogen) atoms. The fourth-order valence-corrected chi connectivity index (χ4v) is 3.07. The van der Waals surface area contributed by atoms with E-state index in [1.165, 1.54) is 11.5 Å². The third-order valence-corrected chi connectivity index (χ3v) is 4.05. The molecule has 1 aromatic carbocycles. The van der Waals surface area contributed by atoms with Crippen molar-refractivity contribution in [2.24, 2.45) is 0 Å². The van der Waals surface area contributed by atoms with Gasteiger partial charge in [-0.15, -0.1) is 0 Å². The zero-order valence-electron chi connectivity index (χ0n) is 11.9. The maximum Gasteiger partial charge on any atom is 0.219 e. The van der Waals surface area contributed by atoms with Crippen LogP contribution in [-0.4, -0.2) is 4.37 Å². The van der Waals surface area contributed by atoms with Crippen molar-refractivity contribution in [2.45, 2.75) is 40.0 Å². The van der Waals surface area contributed by atoms with E-state index >= 15 is 0 Å². The van der Waals surface area contributed by atoms with Gasteiger partial charge < -0.3 is 4.74 Å². The summed E-state index contributed by atoms with van der Waals surface area (Å²) in [5.74, 6) is 0.839. The summed E-state index contributed by atoms with van der Waals surface area (Å²) in [4.78, 5) is 0. The molecule has 1 heterocycles. The van der Waals surface area contributed by atoms with Crippen molar-refractivity contribution < 1.29 is 4.74 Å². The third kappa shape index (κ3) is 3.10. The highest BCUT2D eigenvalue weighted by Crippen LogP contribution is 2.41. The average molecular weight is 296 g/mol. The minimum atomic E-state index is -0.0726. The van der Waals surface area contributed by atoms with E-state index in [-0.39, 0.29) is 5.41 Å². The molecule has 4 heteroatoms. The van der Waals surface area contributed by atoms with E-state index < -0.39 is 0 Å². The SMILES string of the molecule is Cc1ccc(C)c(Oc2snc(C(C)(C)C)c2Cl)c1. The van der Waals surface area contributed by atoms with Gasteiger partial charge in [-0.05, 0) is 31.0 Å². The highest BCUT2D eigenvalue weighted by molar-refractivity contribution is 7.08. The van der Waals surface area contributed by atoms with Gasteiger partial charge in [0.2, 0.25) is 5.06 Å². The third-order valence-electron chi connectivity index (χ3n) is 2.86. The number of nitrogens with zero attached hydrogens (tertiary/aromatic N) is 1. The smallest absolute Gasteiger partial charge is 0.219 e. The Morgan fingerprint density at radius 1 is 1.21 bits per heavy atom. The summed E-state index contributed by atoms with van der Waals surface area (Å²) in [7, 11) is 0. The molecule has 2 rings (SSSR count). The highest BCUT2D eigenvalue weighted by Gasteiger charge is 2.24. The minimum Gasteiger partial charge on any atom is -0.443 e. The lowest BCUT2D eigenvalue weighted by Gasteiger charge is -2.15. The van der Waals surface area contributed by atoms with E-state index in [1.807, 2.05) is 26.0 Å². The first-order valence-corrected chi connectivity index (χ1v) is 7.35. The van der Waals surface area contributed by atoms with Gasteiger partial charge in [0.15, 0.2) is 0 Å². The van der Waals surface area contributed by atoms with Gasteiger partial charge in [0.25, 0.3) is 0 Å². The maximum absolute atomic E-state index is 6.37. The molecule has 102 valence electrons. The zero-order chi connectivity index (χ0) is 14.2. The molecule has 0 unspecified atom stereocenters. The van der Waals surface area contributed by atoms with E-state index in [1.54, 1.807) is 0 Å². The lowest BCUT2D eigenvalue weighted by molar-refractivity contribution is 0.490. The summed E-state index contributed by atoms with van der Waals surface area (Å²) in [6.07, 6.45) is 0. The first-order valence-electron chi connectivity index (χ1n) is 6.20. The van der Waals surface area contributed by atoms with Crippen molar-refractivity contribution in [1.29, 1.82) is 0 Å². The van der Waals surface area contributed by atoms with Crippen LogP contribution in [0.15, 0.2) is 18.2 Å².